The molecule has 0 saturated heterocycles. The molecule has 0 spiro atoms. The Morgan fingerprint density at radius 1 is 0.774 bits per heavy atom. The first kappa shape index (κ1) is 64.9. The van der Waals surface area contributed by atoms with Gasteiger partial charge in [0.2, 0.25) is 10.0 Å². The second-order valence-electron chi connectivity index (χ2n) is 16.0. The van der Waals surface area contributed by atoms with Gasteiger partial charge in [-0.1, -0.05) is 88.8 Å². The first-order valence-electron chi connectivity index (χ1n) is 17.3. The number of Topliss-reactive ketones (excluding diaryl/α,β-unsaturated/α-hetero) is 5. The van der Waals surface area contributed by atoms with Crippen LogP contribution in [0.5, 0.6) is 0 Å². The molecular formula is C41H74ClFN2O7S. The standard InChI is InChI=1S/C7H12O2.C6H13NO2S.C6H9NO.C6H12.C6H10.C5H9ClO.C5H9FO/c1-5(2)7(9)4-6(3)8;1-5-10(8,9)7-6(2,3)4;1-5(2)6(8)3-4-7;2*1-5-6(2,3)4;2*1-4(2)5(7)3-6/h5H,4H2,1-3H3;5,7H,1H2,2-4H3;5H,3H2,1-2H3;5H,1H2,2-4H3;1H,2-4H3;2*4H,3H2,1-2H3. The minimum Gasteiger partial charge on any atom is -0.300 e. The number of sulfonamides is 1. The molecular weight excluding hydrogens is 719 g/mol. The summed E-state index contributed by atoms with van der Waals surface area (Å²) in [5.41, 5.74) is -0.0486. The molecule has 9 nitrogen and oxygen atoms in total. The highest BCUT2D eigenvalue weighted by molar-refractivity contribution is 7.92. The van der Waals surface area contributed by atoms with Gasteiger partial charge in [0.1, 0.15) is 29.8 Å². The SMILES string of the molecule is C#CC(C)(C)C.C=CC(C)(C)C.C=CS(=O)(=O)NC(C)(C)C.CC(=O)CC(=O)C(C)C.CC(C)C(=O)CC#N.CC(C)C(=O)CCl.CC(C)C(=O)CF. The van der Waals surface area contributed by atoms with Gasteiger partial charge in [-0.05, 0) is 53.9 Å². The van der Waals surface area contributed by atoms with Crippen molar-refractivity contribution in [2.75, 3.05) is 12.6 Å². The zero-order valence-corrected chi connectivity index (χ0v) is 37.8. The maximum Gasteiger partial charge on any atom is 0.233 e. The van der Waals surface area contributed by atoms with Gasteiger partial charge >= 0.3 is 0 Å². The fourth-order valence-corrected chi connectivity index (χ4v) is 2.75. The Kier molecular flexibility index (Phi) is 42.6. The number of carbonyl (C=O) groups is 5. The minimum absolute atomic E-state index is 0.00565. The lowest BCUT2D eigenvalue weighted by Gasteiger charge is -2.18. The Bertz CT molecular complexity index is 1230. The van der Waals surface area contributed by atoms with Crippen LogP contribution in [0.2, 0.25) is 0 Å². The molecule has 0 bridgehead atoms. The summed E-state index contributed by atoms with van der Waals surface area (Å²) >= 11 is 5.20. The summed E-state index contributed by atoms with van der Waals surface area (Å²) in [7, 11) is -3.26. The van der Waals surface area contributed by atoms with Crippen molar-refractivity contribution in [2.24, 2.45) is 34.5 Å². The Hall–Kier alpha value is -2.99. The zero-order valence-electron chi connectivity index (χ0n) is 36.3. The van der Waals surface area contributed by atoms with E-state index < -0.39 is 22.2 Å². The summed E-state index contributed by atoms with van der Waals surface area (Å²) in [6.07, 6.45) is 7.14. The summed E-state index contributed by atoms with van der Waals surface area (Å²) in [6, 6.07) is 1.80. The molecule has 0 aliphatic rings. The normalized spacial score (nSPS) is 10.5. The third-order valence-corrected chi connectivity index (χ3v) is 6.83. The molecule has 0 rings (SSSR count). The molecule has 0 aromatic carbocycles. The van der Waals surface area contributed by atoms with E-state index in [0.717, 1.165) is 5.41 Å². The van der Waals surface area contributed by atoms with Crippen LogP contribution in [0, 0.1) is 58.2 Å². The summed E-state index contributed by atoms with van der Waals surface area (Å²) in [4.78, 5) is 52.1. The summed E-state index contributed by atoms with van der Waals surface area (Å²) in [6.45, 7) is 39.3. The second-order valence-corrected chi connectivity index (χ2v) is 17.9. The van der Waals surface area contributed by atoms with Crippen LogP contribution in [-0.2, 0) is 34.0 Å². The number of nitriles is 1. The predicted octanol–water partition coefficient (Wildman–Crippen LogP) is 9.68. The number of allylic oxidation sites excluding steroid dienone is 1. The van der Waals surface area contributed by atoms with Crippen molar-refractivity contribution >= 4 is 50.5 Å². The molecule has 0 atom stereocenters. The van der Waals surface area contributed by atoms with E-state index in [1.165, 1.54) is 6.92 Å². The van der Waals surface area contributed by atoms with Crippen LogP contribution < -0.4 is 4.72 Å². The van der Waals surface area contributed by atoms with Gasteiger partial charge in [-0.2, -0.15) is 5.26 Å². The first-order valence-corrected chi connectivity index (χ1v) is 19.4. The van der Waals surface area contributed by atoms with Crippen LogP contribution in [0.4, 0.5) is 4.39 Å². The van der Waals surface area contributed by atoms with E-state index in [4.69, 9.17) is 23.3 Å². The third-order valence-electron chi connectivity index (χ3n) is 5.23. The van der Waals surface area contributed by atoms with E-state index in [9.17, 15) is 36.8 Å². The van der Waals surface area contributed by atoms with E-state index in [2.05, 4.69) is 44.6 Å². The lowest BCUT2D eigenvalue weighted by molar-refractivity contribution is -0.128. The minimum atomic E-state index is -3.26. The van der Waals surface area contributed by atoms with Crippen molar-refractivity contribution in [1.29, 1.82) is 5.26 Å². The molecule has 0 heterocycles. The largest absolute Gasteiger partial charge is 0.300 e. The van der Waals surface area contributed by atoms with Crippen molar-refractivity contribution in [1.82, 2.24) is 4.72 Å². The fraction of sp³-hybridized carbons (Fsp3) is 0.707. The van der Waals surface area contributed by atoms with Crippen molar-refractivity contribution < 1.29 is 36.8 Å². The summed E-state index contributed by atoms with van der Waals surface area (Å²) in [5.74, 6) is 2.50. The number of nitrogens with zero attached hydrogens (tertiary/aromatic N) is 1. The van der Waals surface area contributed by atoms with Crippen LogP contribution in [-0.4, -0.2) is 55.4 Å². The quantitative estimate of drug-likeness (QED) is 0.0939. The van der Waals surface area contributed by atoms with Gasteiger partial charge in [0, 0.05) is 40.0 Å². The molecule has 0 aromatic rings. The van der Waals surface area contributed by atoms with Crippen LogP contribution in [0.25, 0.3) is 0 Å². The number of hydrogen-bond donors (Lipinski definition) is 1. The summed E-state index contributed by atoms with van der Waals surface area (Å²) < 4.78 is 35.3. The van der Waals surface area contributed by atoms with Gasteiger partial charge in [0.25, 0.3) is 0 Å². The lowest BCUT2D eigenvalue weighted by Crippen LogP contribution is -2.39. The first-order chi connectivity index (χ1) is 23.5. The van der Waals surface area contributed by atoms with Crippen molar-refractivity contribution in [2.45, 2.75) is 143 Å². The molecule has 0 radical (unpaired) electrons. The van der Waals surface area contributed by atoms with E-state index in [1.807, 2.05) is 40.7 Å². The molecule has 0 aromatic heterocycles. The molecule has 0 amide bonds. The number of halogens is 2. The highest BCUT2D eigenvalue weighted by Crippen LogP contribution is 2.12. The zero-order chi connectivity index (χ0) is 44.6. The number of alkyl halides is 2. The van der Waals surface area contributed by atoms with Crippen LogP contribution in [0.15, 0.2) is 24.6 Å². The van der Waals surface area contributed by atoms with Crippen molar-refractivity contribution in [3.63, 3.8) is 0 Å². The molecule has 12 heteroatoms. The fourth-order valence-electron chi connectivity index (χ4n) is 1.51. The van der Waals surface area contributed by atoms with Crippen molar-refractivity contribution in [3.05, 3.63) is 24.6 Å². The maximum absolute atomic E-state index is 11.3. The molecule has 0 saturated carbocycles. The van der Waals surface area contributed by atoms with Gasteiger partial charge < -0.3 is 0 Å². The van der Waals surface area contributed by atoms with E-state index in [0.29, 0.717) is 5.41 Å². The molecule has 0 aliphatic carbocycles. The van der Waals surface area contributed by atoms with Gasteiger partial charge in [0.05, 0.1) is 24.8 Å². The predicted molar refractivity (Wildman–Crippen MR) is 222 cm³/mol. The molecule has 0 aliphatic heterocycles. The smallest absolute Gasteiger partial charge is 0.233 e. The highest BCUT2D eigenvalue weighted by Gasteiger charge is 2.16. The average Bonchev–Trinajstić information content (AvgIpc) is 2.99. The van der Waals surface area contributed by atoms with Gasteiger partial charge in [-0.3, -0.25) is 24.0 Å². The number of hydrogen-bond acceptors (Lipinski definition) is 8. The van der Waals surface area contributed by atoms with E-state index in [-0.39, 0.29) is 76.7 Å². The van der Waals surface area contributed by atoms with Crippen LogP contribution in [0.1, 0.15) is 137 Å². The van der Waals surface area contributed by atoms with E-state index in [1.54, 1.807) is 68.4 Å². The Balaban J connectivity index is -0.0000000939. The summed E-state index contributed by atoms with van der Waals surface area (Å²) in [5, 5.41) is 8.92. The number of carbonyl (C=O) groups excluding carboxylic acids is 5. The molecule has 310 valence electrons. The average molecular weight is 794 g/mol. The highest BCUT2D eigenvalue weighted by atomic mass is 35.5. The van der Waals surface area contributed by atoms with Gasteiger partial charge in [-0.25, -0.2) is 17.5 Å². The topological polar surface area (TPSA) is 155 Å². The Morgan fingerprint density at radius 3 is 1.15 bits per heavy atom. The number of ketones is 5. The lowest BCUT2D eigenvalue weighted by atomic mass is 9.98. The Labute approximate surface area is 329 Å². The second kappa shape index (κ2) is 34.8. The monoisotopic (exact) mass is 792 g/mol. The Morgan fingerprint density at radius 2 is 1.09 bits per heavy atom. The van der Waals surface area contributed by atoms with Gasteiger partial charge in [0.15, 0.2) is 5.78 Å². The molecule has 0 fully saturated rings. The number of rotatable bonds is 11. The molecule has 0 unspecified atom stereocenters. The van der Waals surface area contributed by atoms with E-state index >= 15 is 0 Å². The molecule has 53 heavy (non-hydrogen) atoms. The van der Waals surface area contributed by atoms with Crippen LogP contribution >= 0.6 is 11.6 Å². The van der Waals surface area contributed by atoms with Crippen molar-refractivity contribution in [3.8, 4) is 18.4 Å². The third kappa shape index (κ3) is 71.2. The number of terminal acetylenes is 1. The molecule has 1 N–H and O–H groups in total. The maximum atomic E-state index is 11.3. The number of nitrogens with one attached hydrogen (secondary N) is 1. The van der Waals surface area contributed by atoms with Crippen LogP contribution in [0.3, 0.4) is 0 Å². The van der Waals surface area contributed by atoms with Gasteiger partial charge in [-0.15, -0.1) is 30.5 Å².